The Kier molecular flexibility index (Phi) is 9.95. The van der Waals surface area contributed by atoms with Crippen molar-refractivity contribution in [3.63, 3.8) is 0 Å². The molecule has 0 aromatic heterocycles. The number of nitro groups is 1. The summed E-state index contributed by atoms with van der Waals surface area (Å²) in [5.74, 6) is -0.575. The molecule has 0 atom stereocenters. The van der Waals surface area contributed by atoms with E-state index in [0.29, 0.717) is 32.5 Å². The van der Waals surface area contributed by atoms with E-state index in [1.165, 1.54) is 0 Å². The quantitative estimate of drug-likeness (QED) is 0.211. The molecular formula is C21H23F3N2O5S. The van der Waals surface area contributed by atoms with E-state index in [-0.39, 0.29) is 17.2 Å². The Morgan fingerprint density at radius 1 is 1.12 bits per heavy atom. The van der Waals surface area contributed by atoms with Crippen LogP contribution in [-0.2, 0) is 33.6 Å². The number of benzene rings is 2. The number of carbonyl (C=O) groups is 1. The van der Waals surface area contributed by atoms with E-state index in [4.69, 9.17) is 9.47 Å². The highest BCUT2D eigenvalue weighted by Gasteiger charge is 2.33. The highest BCUT2D eigenvalue weighted by atomic mass is 32.2. The van der Waals surface area contributed by atoms with Gasteiger partial charge in [0, 0.05) is 19.2 Å². The number of halogens is 3. The summed E-state index contributed by atoms with van der Waals surface area (Å²) < 4.78 is 49.0. The van der Waals surface area contributed by atoms with Crippen LogP contribution in [0.15, 0.2) is 47.4 Å². The lowest BCUT2D eigenvalue weighted by molar-refractivity contribution is -0.388. The van der Waals surface area contributed by atoms with Gasteiger partial charge in [-0.1, -0.05) is 24.3 Å². The second-order valence-electron chi connectivity index (χ2n) is 6.57. The van der Waals surface area contributed by atoms with E-state index in [9.17, 15) is 28.1 Å². The highest BCUT2D eigenvalue weighted by molar-refractivity contribution is 8.00. The van der Waals surface area contributed by atoms with E-state index in [0.717, 1.165) is 35.0 Å². The lowest BCUT2D eigenvalue weighted by atomic mass is 10.1. The zero-order valence-electron chi connectivity index (χ0n) is 17.3. The number of thioether (sulfide) groups is 1. The predicted octanol–water partition coefficient (Wildman–Crippen LogP) is 4.58. The van der Waals surface area contributed by atoms with Gasteiger partial charge in [0.2, 0.25) is 5.91 Å². The fraction of sp³-hybridized carbons (Fsp3) is 0.381. The van der Waals surface area contributed by atoms with Crippen LogP contribution in [0, 0.1) is 10.1 Å². The topological polar surface area (TPSA) is 90.7 Å². The van der Waals surface area contributed by atoms with Gasteiger partial charge in [-0.05, 0) is 30.2 Å². The first kappa shape index (κ1) is 25.6. The zero-order valence-corrected chi connectivity index (χ0v) is 18.1. The minimum Gasteiger partial charge on any atom is -0.379 e. The smallest absolute Gasteiger partial charge is 0.379 e. The summed E-state index contributed by atoms with van der Waals surface area (Å²) in [5, 5.41) is 13.8. The summed E-state index contributed by atoms with van der Waals surface area (Å²) >= 11 is 0.806. The van der Waals surface area contributed by atoms with Crippen molar-refractivity contribution in [2.75, 3.05) is 25.6 Å². The molecule has 0 aliphatic carbocycles. The van der Waals surface area contributed by atoms with Gasteiger partial charge in [0.05, 0.1) is 41.0 Å². The summed E-state index contributed by atoms with van der Waals surface area (Å²) in [6, 6.07) is 9.69. The van der Waals surface area contributed by atoms with Gasteiger partial charge in [-0.2, -0.15) is 13.2 Å². The molecule has 174 valence electrons. The van der Waals surface area contributed by atoms with Gasteiger partial charge < -0.3 is 14.8 Å². The third kappa shape index (κ3) is 8.48. The van der Waals surface area contributed by atoms with Crippen LogP contribution in [-0.4, -0.2) is 36.4 Å². The number of ether oxygens (including phenoxy) is 2. The zero-order chi connectivity index (χ0) is 23.6. The number of hydrogen-bond acceptors (Lipinski definition) is 6. The minimum absolute atomic E-state index is 0.00986. The van der Waals surface area contributed by atoms with Crippen LogP contribution in [0.3, 0.4) is 0 Å². The van der Waals surface area contributed by atoms with Crippen LogP contribution in [0.2, 0.25) is 0 Å². The molecule has 0 fully saturated rings. The summed E-state index contributed by atoms with van der Waals surface area (Å²) in [6.07, 6.45) is -4.69. The second kappa shape index (κ2) is 12.4. The van der Waals surface area contributed by atoms with Crippen molar-refractivity contribution in [3.05, 3.63) is 69.3 Å². The van der Waals surface area contributed by atoms with Crippen LogP contribution in [0.1, 0.15) is 23.6 Å². The maximum atomic E-state index is 12.8. The van der Waals surface area contributed by atoms with Gasteiger partial charge >= 0.3 is 6.18 Å². The molecule has 0 saturated heterocycles. The number of amides is 1. The largest absolute Gasteiger partial charge is 0.416 e. The number of rotatable bonds is 12. The first-order valence-corrected chi connectivity index (χ1v) is 10.7. The van der Waals surface area contributed by atoms with E-state index < -0.39 is 28.3 Å². The molecule has 0 spiro atoms. The molecule has 1 amide bonds. The Morgan fingerprint density at radius 2 is 1.84 bits per heavy atom. The van der Waals surface area contributed by atoms with Gasteiger partial charge in [-0.25, -0.2) is 0 Å². The molecule has 2 aromatic rings. The van der Waals surface area contributed by atoms with Crippen molar-refractivity contribution in [3.8, 4) is 0 Å². The SMILES string of the molecule is CCOCCOCc1cccc(CNC(=O)CSc2ccc(C(F)(F)F)cc2[N+](=O)[O-])c1. The van der Waals surface area contributed by atoms with Crippen LogP contribution in [0.4, 0.5) is 18.9 Å². The molecule has 1 N–H and O–H groups in total. The number of hydrogen-bond donors (Lipinski definition) is 1. The minimum atomic E-state index is -4.69. The number of nitrogens with zero attached hydrogens (tertiary/aromatic N) is 1. The summed E-state index contributed by atoms with van der Waals surface area (Å²) in [6.45, 7) is 4.16. The lowest BCUT2D eigenvalue weighted by Gasteiger charge is -2.10. The average molecular weight is 472 g/mol. The molecule has 0 aliphatic rings. The monoisotopic (exact) mass is 472 g/mol. The summed E-state index contributed by atoms with van der Waals surface area (Å²) in [4.78, 5) is 22.4. The Balaban J connectivity index is 1.86. The van der Waals surface area contributed by atoms with Crippen molar-refractivity contribution in [1.82, 2.24) is 5.32 Å². The standard InChI is InChI=1S/C21H23F3N2O5S/c1-2-30-8-9-31-13-16-5-3-4-15(10-16)12-25-20(27)14-32-19-7-6-17(21(22,23)24)11-18(19)26(28)29/h3-7,10-11H,2,8-9,12-14H2,1H3,(H,25,27). The molecule has 0 unspecified atom stereocenters. The van der Waals surface area contributed by atoms with E-state index in [1.54, 1.807) is 0 Å². The molecule has 0 heterocycles. The van der Waals surface area contributed by atoms with Gasteiger partial charge in [0.15, 0.2) is 0 Å². The van der Waals surface area contributed by atoms with Crippen LogP contribution in [0.5, 0.6) is 0 Å². The molecule has 2 aromatic carbocycles. The fourth-order valence-corrected chi connectivity index (χ4v) is 3.47. The number of nitro benzene ring substituents is 1. The number of nitrogens with one attached hydrogen (secondary N) is 1. The van der Waals surface area contributed by atoms with E-state index >= 15 is 0 Å². The highest BCUT2D eigenvalue weighted by Crippen LogP contribution is 2.36. The second-order valence-corrected chi connectivity index (χ2v) is 7.59. The van der Waals surface area contributed by atoms with Gasteiger partial charge in [-0.3, -0.25) is 14.9 Å². The van der Waals surface area contributed by atoms with Gasteiger partial charge in [0.25, 0.3) is 5.69 Å². The number of alkyl halides is 3. The van der Waals surface area contributed by atoms with Crippen LogP contribution < -0.4 is 5.32 Å². The normalized spacial score (nSPS) is 11.4. The fourth-order valence-electron chi connectivity index (χ4n) is 2.64. The Labute approximate surface area is 187 Å². The predicted molar refractivity (Wildman–Crippen MR) is 113 cm³/mol. The Morgan fingerprint density at radius 3 is 2.53 bits per heavy atom. The van der Waals surface area contributed by atoms with Crippen molar-refractivity contribution in [2.24, 2.45) is 0 Å². The van der Waals surface area contributed by atoms with Crippen LogP contribution in [0.25, 0.3) is 0 Å². The maximum absolute atomic E-state index is 12.8. The third-order valence-corrected chi connectivity index (χ3v) is 5.23. The van der Waals surface area contributed by atoms with E-state index in [2.05, 4.69) is 5.32 Å². The summed E-state index contributed by atoms with van der Waals surface area (Å²) in [5.41, 5.74) is -0.0211. The molecule has 0 aliphatic heterocycles. The van der Waals surface area contributed by atoms with Crippen molar-refractivity contribution < 1.29 is 32.4 Å². The molecule has 11 heteroatoms. The van der Waals surface area contributed by atoms with Gasteiger partial charge in [-0.15, -0.1) is 11.8 Å². The Hall–Kier alpha value is -2.63. The average Bonchev–Trinajstić information content (AvgIpc) is 2.75. The van der Waals surface area contributed by atoms with E-state index in [1.807, 2.05) is 31.2 Å². The van der Waals surface area contributed by atoms with Crippen molar-refractivity contribution in [1.29, 1.82) is 0 Å². The molecule has 32 heavy (non-hydrogen) atoms. The maximum Gasteiger partial charge on any atom is 0.416 e. The van der Waals surface area contributed by atoms with Gasteiger partial charge in [0.1, 0.15) is 0 Å². The summed E-state index contributed by atoms with van der Waals surface area (Å²) in [7, 11) is 0. The molecule has 7 nitrogen and oxygen atoms in total. The van der Waals surface area contributed by atoms with Crippen molar-refractivity contribution in [2.45, 2.75) is 31.1 Å². The molecular weight excluding hydrogens is 449 g/mol. The lowest BCUT2D eigenvalue weighted by Crippen LogP contribution is -2.24. The molecule has 2 rings (SSSR count). The first-order chi connectivity index (χ1) is 15.2. The molecule has 0 saturated carbocycles. The third-order valence-electron chi connectivity index (χ3n) is 4.17. The first-order valence-electron chi connectivity index (χ1n) is 9.69. The number of carbonyl (C=O) groups excluding carboxylic acids is 1. The molecule has 0 bridgehead atoms. The Bertz CT molecular complexity index is 925. The van der Waals surface area contributed by atoms with Crippen molar-refractivity contribution >= 4 is 23.4 Å². The van der Waals surface area contributed by atoms with Crippen LogP contribution >= 0.6 is 11.8 Å². The molecule has 0 radical (unpaired) electrons.